The van der Waals surface area contributed by atoms with Gasteiger partial charge in [-0.1, -0.05) is 19.3 Å². The molecule has 0 spiro atoms. The molecule has 0 aromatic carbocycles. The first kappa shape index (κ1) is 15.0. The summed E-state index contributed by atoms with van der Waals surface area (Å²) in [6, 6.07) is 0. The van der Waals surface area contributed by atoms with Crippen LogP contribution in [0.1, 0.15) is 46.0 Å². The van der Waals surface area contributed by atoms with Crippen LogP contribution in [0.15, 0.2) is 0 Å². The van der Waals surface area contributed by atoms with E-state index in [1.807, 2.05) is 0 Å². The van der Waals surface area contributed by atoms with Gasteiger partial charge in [-0.25, -0.2) is 0 Å². The molecule has 0 bridgehead atoms. The molecule has 1 amide bonds. The Morgan fingerprint density at radius 1 is 1.28 bits per heavy atom. The van der Waals surface area contributed by atoms with E-state index >= 15 is 0 Å². The Bertz CT molecular complexity index is 320. The van der Waals surface area contributed by atoms with E-state index in [0.717, 1.165) is 32.1 Å². The second-order valence-electron chi connectivity index (χ2n) is 5.92. The Morgan fingerprint density at radius 3 is 2.28 bits per heavy atom. The first-order chi connectivity index (χ1) is 8.34. The summed E-state index contributed by atoms with van der Waals surface area (Å²) in [6.07, 6.45) is 4.81. The molecule has 0 atom stereocenters. The van der Waals surface area contributed by atoms with Crippen molar-refractivity contribution in [1.82, 2.24) is 5.32 Å². The SMILES string of the molecule is CC(C)(CNC(=O)C1(CN)CCCCC1)C(=O)O. The monoisotopic (exact) mass is 256 g/mol. The predicted molar refractivity (Wildman–Crippen MR) is 69.0 cm³/mol. The third-order valence-corrected chi connectivity index (χ3v) is 3.95. The van der Waals surface area contributed by atoms with Crippen molar-refractivity contribution >= 4 is 11.9 Å². The van der Waals surface area contributed by atoms with Gasteiger partial charge in [0.05, 0.1) is 10.8 Å². The molecule has 0 aromatic heterocycles. The molecule has 5 nitrogen and oxygen atoms in total. The lowest BCUT2D eigenvalue weighted by atomic mass is 9.73. The van der Waals surface area contributed by atoms with Crippen LogP contribution in [0.3, 0.4) is 0 Å². The minimum absolute atomic E-state index is 0.0842. The maximum Gasteiger partial charge on any atom is 0.310 e. The molecule has 1 fully saturated rings. The lowest BCUT2D eigenvalue weighted by Gasteiger charge is -2.35. The molecule has 1 aliphatic rings. The van der Waals surface area contributed by atoms with Gasteiger partial charge in [0.1, 0.15) is 0 Å². The summed E-state index contributed by atoms with van der Waals surface area (Å²) in [5.41, 5.74) is 4.34. The molecular weight excluding hydrogens is 232 g/mol. The number of rotatable bonds is 5. The van der Waals surface area contributed by atoms with Crippen LogP contribution in [0.5, 0.6) is 0 Å². The van der Waals surface area contributed by atoms with E-state index in [4.69, 9.17) is 10.8 Å². The van der Waals surface area contributed by atoms with E-state index < -0.39 is 16.8 Å². The maximum atomic E-state index is 12.2. The molecule has 0 radical (unpaired) electrons. The van der Waals surface area contributed by atoms with Gasteiger partial charge in [0, 0.05) is 13.1 Å². The molecule has 1 rings (SSSR count). The third-order valence-electron chi connectivity index (χ3n) is 3.95. The third kappa shape index (κ3) is 3.22. The second kappa shape index (κ2) is 5.69. The summed E-state index contributed by atoms with van der Waals surface area (Å²) >= 11 is 0. The van der Waals surface area contributed by atoms with Crippen LogP contribution in [0.2, 0.25) is 0 Å². The predicted octanol–water partition coefficient (Wildman–Crippen LogP) is 1.12. The molecule has 104 valence electrons. The standard InChI is InChI=1S/C13H24N2O3/c1-12(2,11(17)18)9-15-10(16)13(8-14)6-4-3-5-7-13/h3-9,14H2,1-2H3,(H,15,16)(H,17,18). The smallest absolute Gasteiger partial charge is 0.310 e. The van der Waals surface area contributed by atoms with Crippen molar-refractivity contribution in [2.45, 2.75) is 46.0 Å². The van der Waals surface area contributed by atoms with Crippen molar-refractivity contribution in [2.75, 3.05) is 13.1 Å². The summed E-state index contributed by atoms with van der Waals surface area (Å²) in [7, 11) is 0. The Morgan fingerprint density at radius 2 is 1.83 bits per heavy atom. The minimum Gasteiger partial charge on any atom is -0.481 e. The van der Waals surface area contributed by atoms with E-state index in [1.54, 1.807) is 13.8 Å². The van der Waals surface area contributed by atoms with Crippen molar-refractivity contribution in [3.8, 4) is 0 Å². The van der Waals surface area contributed by atoms with Gasteiger partial charge in [-0.05, 0) is 26.7 Å². The number of carboxylic acid groups (broad SMARTS) is 1. The van der Waals surface area contributed by atoms with E-state index in [-0.39, 0.29) is 12.5 Å². The molecule has 0 heterocycles. The van der Waals surface area contributed by atoms with E-state index in [1.165, 1.54) is 0 Å². The summed E-state index contributed by atoms with van der Waals surface area (Å²) in [5.74, 6) is -0.993. The molecular formula is C13H24N2O3. The first-order valence-corrected chi connectivity index (χ1v) is 6.56. The zero-order chi connectivity index (χ0) is 13.8. The van der Waals surface area contributed by atoms with Gasteiger partial charge in [-0.2, -0.15) is 0 Å². The zero-order valence-electron chi connectivity index (χ0n) is 11.3. The minimum atomic E-state index is -0.944. The Kier molecular flexibility index (Phi) is 4.73. The highest BCUT2D eigenvalue weighted by atomic mass is 16.4. The number of carbonyl (C=O) groups excluding carboxylic acids is 1. The van der Waals surface area contributed by atoms with Crippen LogP contribution >= 0.6 is 0 Å². The molecule has 18 heavy (non-hydrogen) atoms. The number of amides is 1. The van der Waals surface area contributed by atoms with Gasteiger partial charge in [0.15, 0.2) is 0 Å². The van der Waals surface area contributed by atoms with E-state index in [2.05, 4.69) is 5.32 Å². The highest BCUT2D eigenvalue weighted by Crippen LogP contribution is 2.35. The molecule has 0 aliphatic heterocycles. The number of nitrogens with one attached hydrogen (secondary N) is 1. The van der Waals surface area contributed by atoms with Crippen LogP contribution in [0, 0.1) is 10.8 Å². The molecule has 0 saturated heterocycles. The summed E-state index contributed by atoms with van der Waals surface area (Å²) < 4.78 is 0. The maximum absolute atomic E-state index is 12.2. The average Bonchev–Trinajstić information content (AvgIpc) is 2.36. The van der Waals surface area contributed by atoms with Gasteiger partial charge in [-0.3, -0.25) is 9.59 Å². The van der Waals surface area contributed by atoms with E-state index in [9.17, 15) is 9.59 Å². The molecule has 1 saturated carbocycles. The number of nitrogens with two attached hydrogens (primary N) is 1. The van der Waals surface area contributed by atoms with Crippen LogP contribution in [-0.4, -0.2) is 30.1 Å². The van der Waals surface area contributed by atoms with E-state index in [0.29, 0.717) is 6.54 Å². The second-order valence-corrected chi connectivity index (χ2v) is 5.92. The van der Waals surface area contributed by atoms with Gasteiger partial charge in [0.25, 0.3) is 0 Å². The molecule has 5 heteroatoms. The zero-order valence-corrected chi connectivity index (χ0v) is 11.3. The van der Waals surface area contributed by atoms with Crippen LogP contribution in [-0.2, 0) is 9.59 Å². The lowest BCUT2D eigenvalue weighted by molar-refractivity contribution is -0.147. The van der Waals surface area contributed by atoms with Crippen LogP contribution in [0.4, 0.5) is 0 Å². The fourth-order valence-electron chi connectivity index (χ4n) is 2.32. The van der Waals surface area contributed by atoms with Gasteiger partial charge < -0.3 is 16.2 Å². The largest absolute Gasteiger partial charge is 0.481 e. The average molecular weight is 256 g/mol. The topological polar surface area (TPSA) is 92.4 Å². The van der Waals surface area contributed by atoms with Crippen molar-refractivity contribution in [3.63, 3.8) is 0 Å². The molecule has 4 N–H and O–H groups in total. The fraction of sp³-hybridized carbons (Fsp3) is 0.846. The summed E-state index contributed by atoms with van der Waals surface area (Å²) in [5, 5.41) is 11.8. The summed E-state index contributed by atoms with van der Waals surface area (Å²) in [6.45, 7) is 3.69. The Labute approximate surface area is 108 Å². The number of aliphatic carboxylic acids is 1. The highest BCUT2D eigenvalue weighted by molar-refractivity contribution is 5.84. The first-order valence-electron chi connectivity index (χ1n) is 6.56. The van der Waals surface area contributed by atoms with Gasteiger partial charge in [-0.15, -0.1) is 0 Å². The molecule has 1 aliphatic carbocycles. The number of carbonyl (C=O) groups is 2. The quantitative estimate of drug-likeness (QED) is 0.687. The van der Waals surface area contributed by atoms with Crippen molar-refractivity contribution in [2.24, 2.45) is 16.6 Å². The Balaban J connectivity index is 2.61. The fourth-order valence-corrected chi connectivity index (χ4v) is 2.32. The summed E-state index contributed by atoms with van der Waals surface area (Å²) in [4.78, 5) is 23.2. The van der Waals surface area contributed by atoms with Crippen molar-refractivity contribution in [1.29, 1.82) is 0 Å². The lowest BCUT2D eigenvalue weighted by Crippen LogP contribution is -2.50. The number of hydrogen-bond donors (Lipinski definition) is 3. The van der Waals surface area contributed by atoms with Crippen molar-refractivity contribution < 1.29 is 14.7 Å². The Hall–Kier alpha value is -1.10. The highest BCUT2D eigenvalue weighted by Gasteiger charge is 2.39. The molecule has 0 aromatic rings. The van der Waals surface area contributed by atoms with Crippen molar-refractivity contribution in [3.05, 3.63) is 0 Å². The normalized spacial score (nSPS) is 19.3. The number of hydrogen-bond acceptors (Lipinski definition) is 3. The van der Waals surface area contributed by atoms with Crippen LogP contribution < -0.4 is 11.1 Å². The number of carboxylic acids is 1. The van der Waals surface area contributed by atoms with Gasteiger partial charge in [0.2, 0.25) is 5.91 Å². The molecule has 0 unspecified atom stereocenters. The van der Waals surface area contributed by atoms with Crippen LogP contribution in [0.25, 0.3) is 0 Å². The van der Waals surface area contributed by atoms with Gasteiger partial charge >= 0.3 is 5.97 Å².